The number of hydrogen-bond donors (Lipinski definition) is 1. The third-order valence-corrected chi connectivity index (χ3v) is 5.26. The fraction of sp³-hybridized carbons (Fsp3) is 0.381. The van der Waals surface area contributed by atoms with Gasteiger partial charge in [-0.3, -0.25) is 14.3 Å². The number of aliphatic hydroxyl groups excluding tert-OH is 1. The van der Waals surface area contributed by atoms with Crippen LogP contribution in [0.4, 0.5) is 4.39 Å². The summed E-state index contributed by atoms with van der Waals surface area (Å²) in [5, 5.41) is 15.4. The summed E-state index contributed by atoms with van der Waals surface area (Å²) in [6.45, 7) is 4.35. The maximum Gasteiger partial charge on any atom is 0.295 e. The predicted octanol–water partition coefficient (Wildman–Crippen LogP) is 2.16. The van der Waals surface area contributed by atoms with Gasteiger partial charge in [0.1, 0.15) is 11.6 Å². The molecule has 154 valence electrons. The number of Topliss-reactive ketones (excluding diaryl/α,β-unsaturated/α-hetero) is 1. The number of benzene rings is 1. The van der Waals surface area contributed by atoms with Crippen molar-refractivity contribution in [3.05, 3.63) is 58.2 Å². The fourth-order valence-electron chi connectivity index (χ4n) is 3.66. The quantitative estimate of drug-likeness (QED) is 0.473. The van der Waals surface area contributed by atoms with Gasteiger partial charge in [0.05, 0.1) is 22.9 Å². The van der Waals surface area contributed by atoms with Crippen molar-refractivity contribution in [1.29, 1.82) is 0 Å². The van der Waals surface area contributed by atoms with E-state index in [4.69, 9.17) is 0 Å². The van der Waals surface area contributed by atoms with Crippen molar-refractivity contribution in [2.24, 2.45) is 7.05 Å². The van der Waals surface area contributed by atoms with Crippen LogP contribution in [0.1, 0.15) is 28.6 Å². The van der Waals surface area contributed by atoms with E-state index in [1.54, 1.807) is 25.6 Å². The van der Waals surface area contributed by atoms with Crippen molar-refractivity contribution < 1.29 is 19.1 Å². The molecule has 1 atom stereocenters. The monoisotopic (exact) mass is 400 g/mol. The Morgan fingerprint density at radius 3 is 2.34 bits per heavy atom. The topological polar surface area (TPSA) is 78.7 Å². The highest BCUT2D eigenvalue weighted by atomic mass is 19.1. The molecule has 1 saturated heterocycles. The standard InChI is InChI=1S/C21H25FN4O3/c1-12-16(13(2)25(5)23-12)19(27)17-18(14-6-8-15(22)9-7-14)26(11-10-24(3)4)21(29)20(17)28/h6-9,18,27H,10-11H2,1-5H3/t18-/m0/s1. The van der Waals surface area contributed by atoms with E-state index < -0.39 is 23.5 Å². The Balaban J connectivity index is 2.20. The lowest BCUT2D eigenvalue weighted by Crippen LogP contribution is -2.35. The molecule has 0 radical (unpaired) electrons. The third-order valence-electron chi connectivity index (χ3n) is 5.26. The molecule has 3 rings (SSSR count). The van der Waals surface area contributed by atoms with E-state index in [1.807, 2.05) is 19.0 Å². The lowest BCUT2D eigenvalue weighted by Gasteiger charge is -2.26. The van der Waals surface area contributed by atoms with E-state index in [0.29, 0.717) is 35.6 Å². The van der Waals surface area contributed by atoms with Crippen LogP contribution in [0, 0.1) is 19.7 Å². The first kappa shape index (κ1) is 20.7. The number of halogens is 1. The van der Waals surface area contributed by atoms with Crippen molar-refractivity contribution in [2.75, 3.05) is 27.2 Å². The van der Waals surface area contributed by atoms with Gasteiger partial charge in [-0.15, -0.1) is 0 Å². The molecule has 8 heteroatoms. The van der Waals surface area contributed by atoms with Crippen molar-refractivity contribution in [1.82, 2.24) is 19.6 Å². The van der Waals surface area contributed by atoms with Crippen molar-refractivity contribution in [3.8, 4) is 0 Å². The minimum Gasteiger partial charge on any atom is -0.507 e. The Bertz CT molecular complexity index is 992. The van der Waals surface area contributed by atoms with Gasteiger partial charge in [-0.1, -0.05) is 12.1 Å². The maximum atomic E-state index is 13.5. The van der Waals surface area contributed by atoms with E-state index in [9.17, 15) is 19.1 Å². The largest absolute Gasteiger partial charge is 0.507 e. The van der Waals surface area contributed by atoms with Gasteiger partial charge in [-0.2, -0.15) is 5.10 Å². The summed E-state index contributed by atoms with van der Waals surface area (Å²) in [6.07, 6.45) is 0. The lowest BCUT2D eigenvalue weighted by atomic mass is 9.94. The van der Waals surface area contributed by atoms with Gasteiger partial charge in [-0.05, 0) is 45.6 Å². The smallest absolute Gasteiger partial charge is 0.295 e. The Morgan fingerprint density at radius 2 is 1.83 bits per heavy atom. The highest BCUT2D eigenvalue weighted by Gasteiger charge is 2.46. The number of carbonyl (C=O) groups is 2. The number of amides is 1. The zero-order valence-electron chi connectivity index (χ0n) is 17.2. The Hall–Kier alpha value is -3.00. The summed E-state index contributed by atoms with van der Waals surface area (Å²) in [6, 6.07) is 4.83. The van der Waals surface area contributed by atoms with Crippen LogP contribution in [0.3, 0.4) is 0 Å². The van der Waals surface area contributed by atoms with Crippen molar-refractivity contribution >= 4 is 17.4 Å². The van der Waals surface area contributed by atoms with E-state index in [1.165, 1.54) is 29.2 Å². The van der Waals surface area contributed by atoms with Crippen LogP contribution >= 0.6 is 0 Å². The minimum atomic E-state index is -0.797. The van der Waals surface area contributed by atoms with Crippen molar-refractivity contribution in [3.63, 3.8) is 0 Å². The number of rotatable bonds is 5. The molecule has 7 nitrogen and oxygen atoms in total. The normalized spacial score (nSPS) is 18.9. The molecule has 29 heavy (non-hydrogen) atoms. The van der Waals surface area contributed by atoms with Crippen LogP contribution in [0.5, 0.6) is 0 Å². The molecule has 1 N–H and O–H groups in total. The summed E-state index contributed by atoms with van der Waals surface area (Å²) in [5.41, 5.74) is 2.23. The average Bonchev–Trinajstić information content (AvgIpc) is 3.06. The van der Waals surface area contributed by atoms with Crippen molar-refractivity contribution in [2.45, 2.75) is 19.9 Å². The number of hydrogen-bond acceptors (Lipinski definition) is 5. The Morgan fingerprint density at radius 1 is 1.21 bits per heavy atom. The van der Waals surface area contributed by atoms with Crippen LogP contribution in [0.15, 0.2) is 29.8 Å². The average molecular weight is 400 g/mol. The molecule has 0 unspecified atom stereocenters. The molecule has 1 aliphatic rings. The van der Waals surface area contributed by atoms with Crippen LogP contribution in [0.2, 0.25) is 0 Å². The van der Waals surface area contributed by atoms with Gasteiger partial charge in [-0.25, -0.2) is 4.39 Å². The molecular weight excluding hydrogens is 375 g/mol. The molecule has 0 saturated carbocycles. The first-order valence-electron chi connectivity index (χ1n) is 9.32. The van der Waals surface area contributed by atoms with Gasteiger partial charge >= 0.3 is 0 Å². The van der Waals surface area contributed by atoms with Crippen LogP contribution in [-0.2, 0) is 16.6 Å². The van der Waals surface area contributed by atoms with Gasteiger partial charge in [0, 0.05) is 25.8 Å². The summed E-state index contributed by atoms with van der Waals surface area (Å²) in [5.74, 6) is -2.11. The summed E-state index contributed by atoms with van der Waals surface area (Å²) in [7, 11) is 5.48. The number of nitrogens with zero attached hydrogens (tertiary/aromatic N) is 4. The molecule has 1 aliphatic heterocycles. The van der Waals surface area contributed by atoms with E-state index in [2.05, 4.69) is 5.10 Å². The minimum absolute atomic E-state index is 0.000403. The van der Waals surface area contributed by atoms with Gasteiger partial charge in [0.25, 0.3) is 11.7 Å². The second-order valence-electron chi connectivity index (χ2n) is 7.52. The van der Waals surface area contributed by atoms with Crippen LogP contribution in [-0.4, -0.2) is 63.6 Å². The Labute approximate surface area is 169 Å². The van der Waals surface area contributed by atoms with Gasteiger partial charge < -0.3 is 14.9 Å². The SMILES string of the molecule is Cc1nn(C)c(C)c1C(O)=C1C(=O)C(=O)N(CCN(C)C)[C@H]1c1ccc(F)cc1. The predicted molar refractivity (Wildman–Crippen MR) is 107 cm³/mol. The van der Waals surface area contributed by atoms with E-state index >= 15 is 0 Å². The first-order valence-corrected chi connectivity index (χ1v) is 9.32. The number of likely N-dealkylation sites (N-methyl/N-ethyl adjacent to an activating group) is 1. The third kappa shape index (κ3) is 3.67. The number of likely N-dealkylation sites (tertiary alicyclic amines) is 1. The second kappa shape index (κ2) is 7.79. The lowest BCUT2D eigenvalue weighted by molar-refractivity contribution is -0.140. The number of carbonyl (C=O) groups excluding carboxylic acids is 2. The number of aryl methyl sites for hydroxylation is 2. The van der Waals surface area contributed by atoms with Gasteiger partial charge in [0.2, 0.25) is 0 Å². The number of ketones is 1. The maximum absolute atomic E-state index is 13.5. The molecule has 2 heterocycles. The second-order valence-corrected chi connectivity index (χ2v) is 7.52. The molecule has 1 aromatic carbocycles. The fourth-order valence-corrected chi connectivity index (χ4v) is 3.66. The summed E-state index contributed by atoms with van der Waals surface area (Å²) < 4.78 is 15.1. The molecule has 1 aromatic heterocycles. The zero-order chi connectivity index (χ0) is 21.5. The molecule has 1 amide bonds. The molecule has 0 aliphatic carbocycles. The van der Waals surface area contributed by atoms with E-state index in [0.717, 1.165) is 0 Å². The molecule has 0 bridgehead atoms. The van der Waals surface area contributed by atoms with Gasteiger partial charge in [0.15, 0.2) is 0 Å². The summed E-state index contributed by atoms with van der Waals surface area (Å²) >= 11 is 0. The molecule has 0 spiro atoms. The molecule has 2 aromatic rings. The van der Waals surface area contributed by atoms with Crippen LogP contribution in [0.25, 0.3) is 5.76 Å². The number of aromatic nitrogens is 2. The zero-order valence-corrected chi connectivity index (χ0v) is 17.2. The van der Waals surface area contributed by atoms with E-state index in [-0.39, 0.29) is 11.3 Å². The molecule has 1 fully saturated rings. The highest BCUT2D eigenvalue weighted by molar-refractivity contribution is 6.46. The van der Waals surface area contributed by atoms with Crippen LogP contribution < -0.4 is 0 Å². The molecular formula is C21H25FN4O3. The first-order chi connectivity index (χ1) is 13.6. The Kier molecular flexibility index (Phi) is 5.57. The number of aliphatic hydroxyl groups is 1. The highest BCUT2D eigenvalue weighted by Crippen LogP contribution is 2.40. The summed E-state index contributed by atoms with van der Waals surface area (Å²) in [4.78, 5) is 29.1.